The molecule has 0 aromatic heterocycles. The molecule has 3 heteroatoms. The van der Waals surface area contributed by atoms with Crippen molar-refractivity contribution in [1.29, 1.82) is 0 Å². The second-order valence-electron chi connectivity index (χ2n) is 6.77. The summed E-state index contributed by atoms with van der Waals surface area (Å²) in [7, 11) is 0. The second kappa shape index (κ2) is 7.88. The topological polar surface area (TPSA) is 55.1 Å². The molecule has 19 heavy (non-hydrogen) atoms. The van der Waals surface area contributed by atoms with Gasteiger partial charge in [0.05, 0.1) is 6.04 Å². The van der Waals surface area contributed by atoms with E-state index in [2.05, 4.69) is 26.1 Å². The van der Waals surface area contributed by atoms with Gasteiger partial charge in [0, 0.05) is 6.54 Å². The van der Waals surface area contributed by atoms with Crippen molar-refractivity contribution >= 4 is 5.91 Å². The van der Waals surface area contributed by atoms with Crippen LogP contribution in [0.3, 0.4) is 0 Å². The van der Waals surface area contributed by atoms with Gasteiger partial charge in [-0.3, -0.25) is 4.79 Å². The number of hydrogen-bond donors (Lipinski definition) is 2. The van der Waals surface area contributed by atoms with Crippen molar-refractivity contribution in [3.63, 3.8) is 0 Å². The molecule has 0 spiro atoms. The number of nitrogens with two attached hydrogens (primary N) is 1. The lowest BCUT2D eigenvalue weighted by Gasteiger charge is -2.31. The maximum absolute atomic E-state index is 12.0. The quantitative estimate of drug-likeness (QED) is 0.710. The van der Waals surface area contributed by atoms with Gasteiger partial charge in [0.2, 0.25) is 5.91 Å². The van der Waals surface area contributed by atoms with E-state index in [4.69, 9.17) is 5.73 Å². The van der Waals surface area contributed by atoms with Crippen LogP contribution in [0.15, 0.2) is 0 Å². The summed E-state index contributed by atoms with van der Waals surface area (Å²) < 4.78 is 0. The molecule has 3 nitrogen and oxygen atoms in total. The van der Waals surface area contributed by atoms with E-state index in [9.17, 15) is 4.79 Å². The van der Waals surface area contributed by atoms with Gasteiger partial charge in [0.25, 0.3) is 0 Å². The molecule has 1 aliphatic carbocycles. The summed E-state index contributed by atoms with van der Waals surface area (Å²) in [5.41, 5.74) is 6.26. The highest BCUT2D eigenvalue weighted by Crippen LogP contribution is 2.42. The summed E-state index contributed by atoms with van der Waals surface area (Å²) in [6.07, 6.45) is 9.29. The van der Waals surface area contributed by atoms with Crippen LogP contribution in [-0.4, -0.2) is 18.5 Å². The van der Waals surface area contributed by atoms with Gasteiger partial charge in [0.15, 0.2) is 0 Å². The van der Waals surface area contributed by atoms with Crippen molar-refractivity contribution in [2.24, 2.45) is 17.1 Å². The van der Waals surface area contributed by atoms with Crippen molar-refractivity contribution in [2.45, 2.75) is 78.2 Å². The van der Waals surface area contributed by atoms with Gasteiger partial charge in [0.1, 0.15) is 0 Å². The summed E-state index contributed by atoms with van der Waals surface area (Å²) in [6.45, 7) is 7.49. The van der Waals surface area contributed by atoms with Crippen LogP contribution < -0.4 is 11.1 Å². The molecule has 0 saturated heterocycles. The Morgan fingerprint density at radius 1 is 1.32 bits per heavy atom. The van der Waals surface area contributed by atoms with Crippen molar-refractivity contribution in [1.82, 2.24) is 5.32 Å². The van der Waals surface area contributed by atoms with E-state index < -0.39 is 0 Å². The van der Waals surface area contributed by atoms with E-state index in [0.717, 1.165) is 25.8 Å². The summed E-state index contributed by atoms with van der Waals surface area (Å²) in [5, 5.41) is 3.12. The minimum Gasteiger partial charge on any atom is -0.354 e. The molecule has 1 rings (SSSR count). The second-order valence-corrected chi connectivity index (χ2v) is 6.77. The molecule has 1 aliphatic rings. The van der Waals surface area contributed by atoms with Gasteiger partial charge in [-0.1, -0.05) is 46.5 Å². The van der Waals surface area contributed by atoms with E-state index in [1.54, 1.807) is 0 Å². The van der Waals surface area contributed by atoms with Crippen molar-refractivity contribution in [2.75, 3.05) is 6.54 Å². The molecule has 0 heterocycles. The average Bonchev–Trinajstić information content (AvgIpc) is 2.81. The van der Waals surface area contributed by atoms with Gasteiger partial charge in [-0.2, -0.15) is 0 Å². The van der Waals surface area contributed by atoms with E-state index in [1.807, 2.05) is 0 Å². The Bertz CT molecular complexity index is 270. The molecule has 0 aliphatic heterocycles. The zero-order valence-corrected chi connectivity index (χ0v) is 13.0. The number of carbonyl (C=O) groups is 1. The maximum Gasteiger partial charge on any atom is 0.236 e. The van der Waals surface area contributed by atoms with E-state index in [-0.39, 0.29) is 11.9 Å². The lowest BCUT2D eigenvalue weighted by atomic mass is 9.78. The molecule has 0 aromatic carbocycles. The monoisotopic (exact) mass is 268 g/mol. The third kappa shape index (κ3) is 5.52. The number of carbonyl (C=O) groups excluding carboxylic acids is 1. The minimum absolute atomic E-state index is 0.0449. The molecule has 1 amide bonds. The molecule has 0 bridgehead atoms. The largest absolute Gasteiger partial charge is 0.354 e. The smallest absolute Gasteiger partial charge is 0.236 e. The van der Waals surface area contributed by atoms with Crippen LogP contribution in [0.2, 0.25) is 0 Å². The fourth-order valence-corrected chi connectivity index (χ4v) is 3.40. The first-order valence-electron chi connectivity index (χ1n) is 8.02. The molecular weight excluding hydrogens is 236 g/mol. The van der Waals surface area contributed by atoms with Crippen LogP contribution in [0.5, 0.6) is 0 Å². The third-order valence-corrected chi connectivity index (χ3v) is 4.35. The van der Waals surface area contributed by atoms with Crippen molar-refractivity contribution in [3.8, 4) is 0 Å². The lowest BCUT2D eigenvalue weighted by molar-refractivity contribution is -0.123. The minimum atomic E-state index is -0.322. The number of hydrogen-bond acceptors (Lipinski definition) is 2. The van der Waals surface area contributed by atoms with Crippen LogP contribution in [-0.2, 0) is 4.79 Å². The van der Waals surface area contributed by atoms with Gasteiger partial charge in [-0.05, 0) is 37.0 Å². The van der Waals surface area contributed by atoms with Gasteiger partial charge < -0.3 is 11.1 Å². The van der Waals surface area contributed by atoms with Crippen LogP contribution in [0.1, 0.15) is 72.1 Å². The fraction of sp³-hybridized carbons (Fsp3) is 0.938. The first-order valence-corrected chi connectivity index (χ1v) is 8.02. The van der Waals surface area contributed by atoms with Crippen LogP contribution in [0, 0.1) is 11.3 Å². The molecule has 0 aromatic rings. The Balaban J connectivity index is 2.41. The van der Waals surface area contributed by atoms with Gasteiger partial charge >= 0.3 is 0 Å². The molecule has 1 unspecified atom stereocenters. The fourth-order valence-electron chi connectivity index (χ4n) is 3.40. The Hall–Kier alpha value is -0.570. The highest BCUT2D eigenvalue weighted by molar-refractivity contribution is 5.81. The molecular formula is C16H32N2O. The molecule has 1 atom stereocenters. The summed E-state index contributed by atoms with van der Waals surface area (Å²) >= 11 is 0. The van der Waals surface area contributed by atoms with Crippen molar-refractivity contribution in [3.05, 3.63) is 0 Å². The van der Waals surface area contributed by atoms with Gasteiger partial charge in [-0.25, -0.2) is 0 Å². The molecule has 112 valence electrons. The highest BCUT2D eigenvalue weighted by atomic mass is 16.2. The molecule has 1 fully saturated rings. The first-order chi connectivity index (χ1) is 8.99. The molecule has 1 saturated carbocycles. The highest BCUT2D eigenvalue weighted by Gasteiger charge is 2.34. The molecule has 3 N–H and O–H groups in total. The zero-order valence-electron chi connectivity index (χ0n) is 13.0. The number of nitrogens with one attached hydrogen (secondary N) is 1. The lowest BCUT2D eigenvalue weighted by Crippen LogP contribution is -2.45. The third-order valence-electron chi connectivity index (χ3n) is 4.35. The summed E-state index contributed by atoms with van der Waals surface area (Å²) in [6, 6.07) is -0.322. The number of rotatable bonds is 8. The normalized spacial score (nSPS) is 19.6. The Kier molecular flexibility index (Phi) is 6.84. The number of unbranched alkanes of at least 4 members (excludes halogenated alkanes) is 1. The standard InChI is InChI=1S/C16H32N2O/c1-4-5-8-14(17)15(19)18-12-16(11-13(2)3)9-6-7-10-16/h13-14H,4-12,17H2,1-3H3,(H,18,19). The van der Waals surface area contributed by atoms with Crippen LogP contribution >= 0.6 is 0 Å². The Labute approximate surface area is 118 Å². The Morgan fingerprint density at radius 3 is 2.47 bits per heavy atom. The van der Waals surface area contributed by atoms with Crippen LogP contribution in [0.4, 0.5) is 0 Å². The zero-order chi connectivity index (χ0) is 14.3. The number of amides is 1. The maximum atomic E-state index is 12.0. The molecule has 0 radical (unpaired) electrons. The average molecular weight is 268 g/mol. The predicted octanol–water partition coefficient (Wildman–Crippen LogP) is 3.23. The van der Waals surface area contributed by atoms with E-state index in [0.29, 0.717) is 11.3 Å². The summed E-state index contributed by atoms with van der Waals surface area (Å²) in [5.74, 6) is 0.743. The van der Waals surface area contributed by atoms with E-state index in [1.165, 1.54) is 32.1 Å². The SMILES string of the molecule is CCCCC(N)C(=O)NCC1(CC(C)C)CCCC1. The summed E-state index contributed by atoms with van der Waals surface area (Å²) in [4.78, 5) is 12.0. The first kappa shape index (κ1) is 16.5. The van der Waals surface area contributed by atoms with Crippen LogP contribution in [0.25, 0.3) is 0 Å². The van der Waals surface area contributed by atoms with Gasteiger partial charge in [-0.15, -0.1) is 0 Å². The van der Waals surface area contributed by atoms with E-state index >= 15 is 0 Å². The van der Waals surface area contributed by atoms with Crippen molar-refractivity contribution < 1.29 is 4.79 Å². The predicted molar refractivity (Wildman–Crippen MR) is 80.9 cm³/mol. The Morgan fingerprint density at radius 2 is 1.95 bits per heavy atom.